The second-order valence-corrected chi connectivity index (χ2v) is 8.17. The third-order valence-corrected chi connectivity index (χ3v) is 5.65. The van der Waals surface area contributed by atoms with Gasteiger partial charge < -0.3 is 27.8 Å². The van der Waals surface area contributed by atoms with Crippen LogP contribution in [-0.4, -0.2) is 42.0 Å². The molecule has 33 heavy (non-hydrogen) atoms. The molecule has 174 valence electrons. The molecule has 0 saturated heterocycles. The van der Waals surface area contributed by atoms with Gasteiger partial charge in [0.15, 0.2) is 0 Å². The molecule has 8 heteroatoms. The van der Waals surface area contributed by atoms with E-state index in [9.17, 15) is 9.59 Å². The average molecular weight is 449 g/mol. The van der Waals surface area contributed by atoms with Gasteiger partial charge in [0, 0.05) is 5.39 Å². The summed E-state index contributed by atoms with van der Waals surface area (Å²) >= 11 is 0. The molecule has 0 saturated carbocycles. The number of carbonyl (C=O) groups is 2. The Hall–Kier alpha value is -3.33. The van der Waals surface area contributed by atoms with Crippen LogP contribution in [0.15, 0.2) is 66.9 Å². The quantitative estimate of drug-likeness (QED) is 0.300. The van der Waals surface area contributed by atoms with Crippen molar-refractivity contribution in [3.05, 3.63) is 72.4 Å². The highest BCUT2D eigenvalue weighted by Gasteiger charge is 2.25. The number of carbonyl (C=O) groups excluding carboxylic acids is 2. The van der Waals surface area contributed by atoms with Gasteiger partial charge in [0.25, 0.3) is 0 Å². The molecular formula is C25H32N6O2. The van der Waals surface area contributed by atoms with Crippen molar-refractivity contribution in [3.63, 3.8) is 0 Å². The van der Waals surface area contributed by atoms with Crippen LogP contribution in [0.1, 0.15) is 18.4 Å². The van der Waals surface area contributed by atoms with Gasteiger partial charge in [-0.2, -0.15) is 0 Å². The van der Waals surface area contributed by atoms with Crippen LogP contribution in [0.25, 0.3) is 10.9 Å². The zero-order valence-corrected chi connectivity index (χ0v) is 18.6. The summed E-state index contributed by atoms with van der Waals surface area (Å²) < 4.78 is 0. The second-order valence-electron chi connectivity index (χ2n) is 8.17. The molecule has 3 rings (SSSR count). The molecule has 2 amide bonds. The first-order valence-electron chi connectivity index (χ1n) is 11.2. The van der Waals surface area contributed by atoms with Gasteiger partial charge >= 0.3 is 0 Å². The lowest BCUT2D eigenvalue weighted by atomic mass is 9.99. The fraction of sp³-hybridized carbons (Fsp3) is 0.320. The van der Waals surface area contributed by atoms with E-state index in [0.717, 1.165) is 16.5 Å². The summed E-state index contributed by atoms with van der Waals surface area (Å²) in [6.45, 7) is 0.703. The molecule has 0 fully saturated rings. The van der Waals surface area contributed by atoms with Crippen LogP contribution < -0.4 is 27.8 Å². The Labute approximate surface area is 193 Å². The number of anilines is 1. The number of nitrogens with one attached hydrogen (secondary N) is 2. The van der Waals surface area contributed by atoms with Crippen molar-refractivity contribution in [2.24, 2.45) is 23.1 Å². The first-order chi connectivity index (χ1) is 16.0. The van der Waals surface area contributed by atoms with Gasteiger partial charge in [0.1, 0.15) is 6.04 Å². The highest BCUT2D eigenvalue weighted by molar-refractivity contribution is 5.98. The standard InChI is InChI=1S/C25H32N6O2/c26-14-18(15-27)12-21(28)24(32)31-23(11-10-17-6-2-1-3-7-17)25(33)30-20-13-19-8-4-5-9-22(19)29-16-20/h1-9,13,16,18,21,23H,10-12,14-15,26-28H2,(H,30,33)(H,31,32)/t21?,23-/m1/s1. The van der Waals surface area contributed by atoms with E-state index < -0.39 is 18.0 Å². The van der Waals surface area contributed by atoms with Gasteiger partial charge in [-0.15, -0.1) is 0 Å². The van der Waals surface area contributed by atoms with E-state index in [1.54, 1.807) is 6.20 Å². The summed E-state index contributed by atoms with van der Waals surface area (Å²) in [7, 11) is 0. The summed E-state index contributed by atoms with van der Waals surface area (Å²) in [5.41, 5.74) is 19.9. The first-order valence-corrected chi connectivity index (χ1v) is 11.2. The summed E-state index contributed by atoms with van der Waals surface area (Å²) in [5.74, 6) is -0.768. The monoisotopic (exact) mass is 448 g/mol. The van der Waals surface area contributed by atoms with Crippen molar-refractivity contribution < 1.29 is 9.59 Å². The third-order valence-electron chi connectivity index (χ3n) is 5.65. The molecule has 0 radical (unpaired) electrons. The van der Waals surface area contributed by atoms with Gasteiger partial charge in [-0.25, -0.2) is 0 Å². The van der Waals surface area contributed by atoms with Crippen LogP contribution in [0.2, 0.25) is 0 Å². The number of amides is 2. The molecule has 1 aromatic heterocycles. The lowest BCUT2D eigenvalue weighted by Gasteiger charge is -2.22. The van der Waals surface area contributed by atoms with Crippen LogP contribution in [-0.2, 0) is 16.0 Å². The number of nitrogens with two attached hydrogens (primary N) is 3. The Morgan fingerprint density at radius 2 is 1.64 bits per heavy atom. The van der Waals surface area contributed by atoms with Gasteiger partial charge in [-0.05, 0) is 56.0 Å². The normalized spacial score (nSPS) is 13.0. The Kier molecular flexibility index (Phi) is 8.88. The van der Waals surface area contributed by atoms with Crippen LogP contribution in [0.5, 0.6) is 0 Å². The molecule has 0 aliphatic rings. The van der Waals surface area contributed by atoms with E-state index in [-0.39, 0.29) is 11.8 Å². The minimum atomic E-state index is -0.795. The SMILES string of the molecule is NCC(CN)CC(N)C(=O)N[C@H](CCc1ccccc1)C(=O)Nc1cnc2ccccc2c1. The topological polar surface area (TPSA) is 149 Å². The smallest absolute Gasteiger partial charge is 0.247 e. The van der Waals surface area contributed by atoms with E-state index in [4.69, 9.17) is 17.2 Å². The molecule has 2 aromatic carbocycles. The van der Waals surface area contributed by atoms with Crippen molar-refractivity contribution in [1.82, 2.24) is 10.3 Å². The maximum Gasteiger partial charge on any atom is 0.247 e. The zero-order valence-electron chi connectivity index (χ0n) is 18.6. The average Bonchev–Trinajstić information content (AvgIpc) is 2.85. The Balaban J connectivity index is 1.71. The lowest BCUT2D eigenvalue weighted by molar-refractivity contribution is -0.127. The highest BCUT2D eigenvalue weighted by Crippen LogP contribution is 2.17. The number of aryl methyl sites for hydroxylation is 1. The van der Waals surface area contributed by atoms with E-state index in [1.165, 1.54) is 0 Å². The van der Waals surface area contributed by atoms with Gasteiger partial charge in [0.05, 0.1) is 23.4 Å². The fourth-order valence-electron chi connectivity index (χ4n) is 3.63. The zero-order chi connectivity index (χ0) is 23.6. The molecule has 8 nitrogen and oxygen atoms in total. The van der Waals surface area contributed by atoms with Crippen molar-refractivity contribution in [3.8, 4) is 0 Å². The molecule has 3 aromatic rings. The molecule has 0 aliphatic heterocycles. The molecular weight excluding hydrogens is 416 g/mol. The number of benzene rings is 2. The van der Waals surface area contributed by atoms with Gasteiger partial charge in [-0.3, -0.25) is 14.6 Å². The number of pyridine rings is 1. The number of rotatable bonds is 11. The third kappa shape index (κ3) is 7.08. The van der Waals surface area contributed by atoms with Crippen molar-refractivity contribution >= 4 is 28.4 Å². The molecule has 2 atom stereocenters. The maximum atomic E-state index is 13.1. The fourth-order valence-corrected chi connectivity index (χ4v) is 3.63. The van der Waals surface area contributed by atoms with E-state index in [0.29, 0.717) is 38.0 Å². The van der Waals surface area contributed by atoms with Crippen molar-refractivity contribution in [2.45, 2.75) is 31.3 Å². The summed E-state index contributed by atoms with van der Waals surface area (Å²) in [6.07, 6.45) is 3.01. The van der Waals surface area contributed by atoms with E-state index >= 15 is 0 Å². The second kappa shape index (κ2) is 12.1. The first kappa shape index (κ1) is 24.3. The minimum Gasteiger partial charge on any atom is -0.343 e. The number of hydrogen-bond acceptors (Lipinski definition) is 6. The molecule has 1 heterocycles. The van der Waals surface area contributed by atoms with Crippen LogP contribution in [0, 0.1) is 5.92 Å². The van der Waals surface area contributed by atoms with E-state index in [2.05, 4.69) is 15.6 Å². The molecule has 0 bridgehead atoms. The summed E-state index contributed by atoms with van der Waals surface area (Å²) in [6, 6.07) is 17.8. The summed E-state index contributed by atoms with van der Waals surface area (Å²) in [5, 5.41) is 6.61. The number of para-hydroxylation sites is 1. The van der Waals surface area contributed by atoms with Crippen LogP contribution in [0.4, 0.5) is 5.69 Å². The maximum absolute atomic E-state index is 13.1. The van der Waals surface area contributed by atoms with Gasteiger partial charge in [-0.1, -0.05) is 48.5 Å². The van der Waals surface area contributed by atoms with Crippen molar-refractivity contribution in [2.75, 3.05) is 18.4 Å². The molecule has 0 aliphatic carbocycles. The molecule has 1 unspecified atom stereocenters. The molecule has 0 spiro atoms. The Bertz CT molecular complexity index is 1050. The van der Waals surface area contributed by atoms with E-state index in [1.807, 2.05) is 60.7 Å². The van der Waals surface area contributed by atoms with Crippen LogP contribution in [0.3, 0.4) is 0 Å². The lowest BCUT2D eigenvalue weighted by Crippen LogP contribution is -2.51. The largest absolute Gasteiger partial charge is 0.343 e. The Morgan fingerprint density at radius 1 is 0.939 bits per heavy atom. The minimum absolute atomic E-state index is 0.0500. The number of nitrogens with zero attached hydrogens (tertiary/aromatic N) is 1. The predicted molar refractivity (Wildman–Crippen MR) is 131 cm³/mol. The molecule has 8 N–H and O–H groups in total. The predicted octanol–water partition coefficient (Wildman–Crippen LogP) is 1.54. The van der Waals surface area contributed by atoms with Crippen LogP contribution >= 0.6 is 0 Å². The highest BCUT2D eigenvalue weighted by atomic mass is 16.2. The Morgan fingerprint density at radius 3 is 2.36 bits per heavy atom. The number of hydrogen-bond donors (Lipinski definition) is 5. The van der Waals surface area contributed by atoms with Crippen molar-refractivity contribution in [1.29, 1.82) is 0 Å². The van der Waals surface area contributed by atoms with Gasteiger partial charge in [0.2, 0.25) is 11.8 Å². The number of fused-ring (bicyclic) bond motifs is 1. The summed E-state index contributed by atoms with van der Waals surface area (Å²) in [4.78, 5) is 30.3. The number of aromatic nitrogens is 1.